The molecule has 0 aliphatic carbocycles. The van der Waals surface area contributed by atoms with E-state index in [-0.39, 0.29) is 42.3 Å². The molecule has 2 aliphatic rings. The summed E-state index contributed by atoms with van der Waals surface area (Å²) in [5.74, 6) is -5.69. The van der Waals surface area contributed by atoms with Gasteiger partial charge in [-0.3, -0.25) is 4.79 Å². The van der Waals surface area contributed by atoms with Gasteiger partial charge >= 0.3 is 18.0 Å². The van der Waals surface area contributed by atoms with Gasteiger partial charge in [0.05, 0.1) is 18.4 Å². The molecule has 0 unspecified atom stereocenters. The molecule has 16 heteroatoms. The number of alkyl halides is 2. The number of halogens is 4. The summed E-state index contributed by atoms with van der Waals surface area (Å²) >= 11 is 0. The first-order chi connectivity index (χ1) is 21.6. The Morgan fingerprint density at radius 3 is 2.37 bits per heavy atom. The number of carbonyl (C=O) groups is 2. The molecule has 1 aromatic carbocycles. The van der Waals surface area contributed by atoms with Gasteiger partial charge in [0.25, 0.3) is 5.91 Å². The number of carbonyl (C=O) groups excluding carboxylic acids is 2. The van der Waals surface area contributed by atoms with Crippen molar-refractivity contribution in [2.24, 2.45) is 0 Å². The molecule has 1 N–H and O–H groups in total. The number of nitrogens with one attached hydrogen (secondary N) is 1. The van der Waals surface area contributed by atoms with Crippen molar-refractivity contribution in [3.63, 3.8) is 0 Å². The maximum Gasteiger partial charge on any atom is 0.407 e. The molecule has 12 nitrogen and oxygen atoms in total. The second kappa shape index (κ2) is 12.7. The number of ether oxygens (including phenoxy) is 1. The highest BCUT2D eigenvalue weighted by Gasteiger charge is 2.39. The van der Waals surface area contributed by atoms with Crippen LogP contribution in [0, 0.1) is 11.6 Å². The van der Waals surface area contributed by atoms with Gasteiger partial charge in [-0.1, -0.05) is 5.16 Å². The average molecular weight is 649 g/mol. The molecule has 0 spiro atoms. The maximum atomic E-state index is 14.8. The van der Waals surface area contributed by atoms with Crippen molar-refractivity contribution in [2.75, 3.05) is 43.0 Å². The summed E-state index contributed by atoms with van der Waals surface area (Å²) in [6.07, 6.45) is 3.15. The van der Waals surface area contributed by atoms with E-state index in [1.807, 2.05) is 0 Å². The lowest BCUT2D eigenvalue weighted by Gasteiger charge is -2.35. The van der Waals surface area contributed by atoms with Gasteiger partial charge in [-0.25, -0.2) is 23.5 Å². The molecule has 3 aromatic rings. The van der Waals surface area contributed by atoms with Gasteiger partial charge in [0.1, 0.15) is 28.7 Å². The van der Waals surface area contributed by atoms with Crippen LogP contribution in [-0.2, 0) is 10.7 Å². The fourth-order valence-corrected chi connectivity index (χ4v) is 5.62. The molecule has 0 bridgehead atoms. The number of piperidine rings is 1. The van der Waals surface area contributed by atoms with Crippen molar-refractivity contribution in [3.8, 4) is 0 Å². The summed E-state index contributed by atoms with van der Waals surface area (Å²) in [4.78, 5) is 43.5. The zero-order valence-electron chi connectivity index (χ0n) is 26.1. The Morgan fingerprint density at radius 2 is 1.76 bits per heavy atom. The lowest BCUT2D eigenvalue weighted by molar-refractivity contribution is 0.00557. The number of aromatic nitrogens is 4. The molecule has 2 atom stereocenters. The Hall–Kier alpha value is -4.50. The van der Waals surface area contributed by atoms with Crippen LogP contribution in [0.1, 0.15) is 68.3 Å². The van der Waals surface area contributed by atoms with E-state index in [0.29, 0.717) is 38.7 Å². The van der Waals surface area contributed by atoms with Crippen LogP contribution in [0.25, 0.3) is 0 Å². The summed E-state index contributed by atoms with van der Waals surface area (Å²) in [5, 5.41) is 6.14. The molecular weight excluding hydrogens is 612 g/mol. The molecule has 46 heavy (non-hydrogen) atoms. The SMILES string of the molecule is CN(C(=O)c1cnc(N2C[C@H](NC(=O)OC(C)(C)C)[C@@H](c3cc(F)ccc3F)C2)cn1)C1CCN(c2nc(C(C)(F)F)no2)CC1. The number of benzene rings is 1. The van der Waals surface area contributed by atoms with E-state index in [4.69, 9.17) is 9.26 Å². The molecule has 0 radical (unpaired) electrons. The number of rotatable bonds is 7. The first kappa shape index (κ1) is 32.9. The topological polar surface area (TPSA) is 130 Å². The molecule has 2 saturated heterocycles. The molecule has 0 saturated carbocycles. The Labute approximate surface area is 263 Å². The minimum absolute atomic E-state index is 0.0123. The maximum absolute atomic E-state index is 14.8. The Balaban J connectivity index is 1.23. The van der Waals surface area contributed by atoms with Gasteiger partial charge in [0.2, 0.25) is 5.82 Å². The predicted molar refractivity (Wildman–Crippen MR) is 158 cm³/mol. The van der Waals surface area contributed by atoms with Gasteiger partial charge < -0.3 is 29.3 Å². The van der Waals surface area contributed by atoms with E-state index in [9.17, 15) is 27.2 Å². The molecule has 5 rings (SSSR count). The van der Waals surface area contributed by atoms with E-state index < -0.39 is 47.0 Å². The third-order valence-electron chi connectivity index (χ3n) is 7.97. The van der Waals surface area contributed by atoms with Crippen molar-refractivity contribution in [3.05, 3.63) is 59.3 Å². The largest absolute Gasteiger partial charge is 0.444 e. The third kappa shape index (κ3) is 7.48. The van der Waals surface area contributed by atoms with Crippen molar-refractivity contribution in [1.82, 2.24) is 30.3 Å². The van der Waals surface area contributed by atoms with Crippen molar-refractivity contribution in [1.29, 1.82) is 0 Å². The van der Waals surface area contributed by atoms with Crippen LogP contribution in [0.4, 0.5) is 34.2 Å². The lowest BCUT2D eigenvalue weighted by atomic mass is 9.94. The standard InChI is InChI=1S/C30H36F4N8O4/c1-29(2,3)45-28(44)37-23-16-42(15-20(23)19-12-17(31)6-7-21(19)32)24-14-35-22(13-36-24)25(43)40(5)18-8-10-41(11-9-18)27-38-26(39-46-27)30(4,33)34/h6-7,12-14,18,20,23H,8-11,15-16H2,1-5H3,(H,37,44)/t20-,23+/m1/s1. The summed E-state index contributed by atoms with van der Waals surface area (Å²) < 4.78 is 66.3. The highest BCUT2D eigenvalue weighted by molar-refractivity contribution is 5.92. The van der Waals surface area contributed by atoms with E-state index in [1.54, 1.807) is 42.5 Å². The predicted octanol–water partition coefficient (Wildman–Crippen LogP) is 4.49. The Morgan fingerprint density at radius 1 is 1.04 bits per heavy atom. The van der Waals surface area contributed by atoms with Gasteiger partial charge in [0.15, 0.2) is 0 Å². The molecule has 2 amide bonds. The van der Waals surface area contributed by atoms with Crippen LogP contribution in [0.15, 0.2) is 35.1 Å². The van der Waals surface area contributed by atoms with Crippen LogP contribution < -0.4 is 15.1 Å². The van der Waals surface area contributed by atoms with Crippen LogP contribution in [0.5, 0.6) is 0 Å². The van der Waals surface area contributed by atoms with E-state index in [0.717, 1.165) is 18.2 Å². The van der Waals surface area contributed by atoms with Gasteiger partial charge in [-0.05, 0) is 57.4 Å². The number of alkyl carbamates (subject to hydrolysis) is 1. The second-order valence-electron chi connectivity index (χ2n) is 12.6. The van der Waals surface area contributed by atoms with E-state index in [1.165, 1.54) is 12.4 Å². The van der Waals surface area contributed by atoms with Crippen LogP contribution in [0.2, 0.25) is 0 Å². The minimum Gasteiger partial charge on any atom is -0.444 e. The zero-order chi connectivity index (χ0) is 33.4. The summed E-state index contributed by atoms with van der Waals surface area (Å²) in [6, 6.07) is 2.42. The number of nitrogens with zero attached hydrogens (tertiary/aromatic N) is 7. The van der Waals surface area contributed by atoms with E-state index in [2.05, 4.69) is 25.4 Å². The van der Waals surface area contributed by atoms with Crippen LogP contribution in [0.3, 0.4) is 0 Å². The first-order valence-electron chi connectivity index (χ1n) is 14.8. The molecule has 2 aromatic heterocycles. The van der Waals surface area contributed by atoms with Crippen molar-refractivity contribution in [2.45, 2.75) is 70.1 Å². The second-order valence-corrected chi connectivity index (χ2v) is 12.6. The van der Waals surface area contributed by atoms with Crippen molar-refractivity contribution >= 4 is 23.8 Å². The lowest BCUT2D eigenvalue weighted by Crippen LogP contribution is -2.46. The average Bonchev–Trinajstić information content (AvgIpc) is 3.65. The number of hydrogen-bond donors (Lipinski definition) is 1. The van der Waals surface area contributed by atoms with Gasteiger partial charge in [-0.2, -0.15) is 13.8 Å². The Bertz CT molecular complexity index is 1550. The molecule has 2 fully saturated rings. The monoisotopic (exact) mass is 648 g/mol. The molecular formula is C30H36F4N8O4. The number of hydrogen-bond acceptors (Lipinski definition) is 10. The summed E-state index contributed by atoms with van der Waals surface area (Å²) in [7, 11) is 1.66. The molecule has 248 valence electrons. The fourth-order valence-electron chi connectivity index (χ4n) is 5.62. The molecule has 4 heterocycles. The first-order valence-corrected chi connectivity index (χ1v) is 14.8. The van der Waals surface area contributed by atoms with Crippen LogP contribution >= 0.6 is 0 Å². The highest BCUT2D eigenvalue weighted by Crippen LogP contribution is 2.33. The minimum atomic E-state index is -3.21. The van der Waals surface area contributed by atoms with Crippen LogP contribution in [-0.4, -0.2) is 87.9 Å². The van der Waals surface area contributed by atoms with Crippen molar-refractivity contribution < 1.29 is 36.4 Å². The number of anilines is 2. The third-order valence-corrected chi connectivity index (χ3v) is 7.97. The molecule has 2 aliphatic heterocycles. The van der Waals surface area contributed by atoms with Gasteiger partial charge in [0, 0.05) is 52.1 Å². The smallest absolute Gasteiger partial charge is 0.407 e. The van der Waals surface area contributed by atoms with Gasteiger partial charge in [-0.15, -0.1) is 0 Å². The fraction of sp³-hybridized carbons (Fsp3) is 0.533. The summed E-state index contributed by atoms with van der Waals surface area (Å²) in [5.41, 5.74) is -0.539. The van der Waals surface area contributed by atoms with E-state index >= 15 is 0 Å². The summed E-state index contributed by atoms with van der Waals surface area (Å²) in [6.45, 7) is 7.10. The zero-order valence-corrected chi connectivity index (χ0v) is 26.1. The number of amides is 2. The normalized spacial score (nSPS) is 19.3. The highest BCUT2D eigenvalue weighted by atomic mass is 19.3. The Kier molecular flexibility index (Phi) is 9.09. The quantitative estimate of drug-likeness (QED) is 0.366.